The molecule has 0 aromatic heterocycles. The van der Waals surface area contributed by atoms with E-state index in [0.29, 0.717) is 13.0 Å². The third kappa shape index (κ3) is 5.50. The molecule has 1 heterocycles. The van der Waals surface area contributed by atoms with Crippen LogP contribution in [0.15, 0.2) is 42.5 Å². The number of methoxy groups -OCH3 is 1. The highest BCUT2D eigenvalue weighted by molar-refractivity contribution is 6.21. The lowest BCUT2D eigenvalue weighted by Crippen LogP contribution is -2.31. The minimum absolute atomic E-state index is 0.124. The summed E-state index contributed by atoms with van der Waals surface area (Å²) in [4.78, 5) is 39.0. The zero-order valence-electron chi connectivity index (χ0n) is 18.6. The number of nitro groups is 1. The first-order valence-corrected chi connectivity index (χ1v) is 10.9. The highest BCUT2D eigenvalue weighted by Crippen LogP contribution is 2.27. The maximum absolute atomic E-state index is 12.5. The number of amides is 2. The number of hydrogen-bond acceptors (Lipinski definition) is 6. The van der Waals surface area contributed by atoms with Crippen molar-refractivity contribution in [3.8, 4) is 5.75 Å². The predicted molar refractivity (Wildman–Crippen MR) is 121 cm³/mol. The molecule has 0 atom stereocenters. The first kappa shape index (κ1) is 23.4. The van der Waals surface area contributed by atoms with Crippen LogP contribution in [0.25, 0.3) is 0 Å². The monoisotopic (exact) mass is 439 g/mol. The molecule has 1 aliphatic rings. The molecular formula is C24H29N3O5. The zero-order chi connectivity index (χ0) is 23.1. The van der Waals surface area contributed by atoms with Crippen molar-refractivity contribution in [2.45, 2.75) is 32.6 Å². The van der Waals surface area contributed by atoms with Crippen LogP contribution >= 0.6 is 0 Å². The topological polar surface area (TPSA) is 93.0 Å². The number of likely N-dealkylation sites (N-methyl/N-ethyl adjacent to an activating group) is 1. The number of carbonyl (C=O) groups excluding carboxylic acids is 2. The summed E-state index contributed by atoms with van der Waals surface area (Å²) in [6.07, 6.45) is 3.52. The van der Waals surface area contributed by atoms with Crippen molar-refractivity contribution in [2.75, 3.05) is 33.3 Å². The summed E-state index contributed by atoms with van der Waals surface area (Å²) in [6.45, 7) is 5.34. The Balaban J connectivity index is 1.42. The first-order valence-electron chi connectivity index (χ1n) is 10.9. The lowest BCUT2D eigenvalue weighted by molar-refractivity contribution is -0.384. The Bertz CT molecular complexity index is 991. The summed E-state index contributed by atoms with van der Waals surface area (Å²) in [7, 11) is 1.67. The summed E-state index contributed by atoms with van der Waals surface area (Å²) in [5, 5.41) is 10.9. The predicted octanol–water partition coefficient (Wildman–Crippen LogP) is 3.93. The number of ether oxygens (including phenoxy) is 1. The molecular weight excluding hydrogens is 410 g/mol. The minimum atomic E-state index is -0.561. The van der Waals surface area contributed by atoms with Gasteiger partial charge in [0.15, 0.2) is 0 Å². The number of imide groups is 1. The lowest BCUT2D eigenvalue weighted by atomic mass is 10.1. The molecule has 0 aliphatic carbocycles. The van der Waals surface area contributed by atoms with Gasteiger partial charge in [-0.1, -0.05) is 25.5 Å². The fraction of sp³-hybridized carbons (Fsp3) is 0.417. The van der Waals surface area contributed by atoms with E-state index in [1.807, 2.05) is 12.1 Å². The van der Waals surface area contributed by atoms with Gasteiger partial charge in [-0.2, -0.15) is 0 Å². The van der Waals surface area contributed by atoms with Gasteiger partial charge in [-0.25, -0.2) is 0 Å². The molecule has 0 N–H and O–H groups in total. The van der Waals surface area contributed by atoms with Crippen molar-refractivity contribution in [2.24, 2.45) is 0 Å². The standard InChI is InChI=1S/C24H29N3O5/c1-3-25(15-12-18-8-7-9-20(16-18)32-2)13-5-4-6-14-26-23(28)21-11-10-19(27(30)31)17-22(21)24(26)29/h7-11,16-17H,3-6,12-15H2,1-2H3. The Labute approximate surface area is 187 Å². The Kier molecular flexibility index (Phi) is 7.94. The number of nitro benzene ring substituents is 1. The molecule has 2 aromatic carbocycles. The van der Waals surface area contributed by atoms with Crippen LogP contribution < -0.4 is 4.74 Å². The van der Waals surface area contributed by atoms with E-state index in [4.69, 9.17) is 4.74 Å². The van der Waals surface area contributed by atoms with E-state index in [1.165, 1.54) is 28.7 Å². The van der Waals surface area contributed by atoms with E-state index in [-0.39, 0.29) is 22.7 Å². The number of non-ortho nitro benzene ring substituents is 1. The number of nitrogens with zero attached hydrogens (tertiary/aromatic N) is 3. The van der Waals surface area contributed by atoms with Gasteiger partial charge in [0.25, 0.3) is 17.5 Å². The van der Waals surface area contributed by atoms with Crippen LogP contribution in [0.3, 0.4) is 0 Å². The second-order valence-electron chi connectivity index (χ2n) is 7.85. The van der Waals surface area contributed by atoms with Crippen molar-refractivity contribution in [3.63, 3.8) is 0 Å². The summed E-state index contributed by atoms with van der Waals surface area (Å²) >= 11 is 0. The van der Waals surface area contributed by atoms with E-state index >= 15 is 0 Å². The highest BCUT2D eigenvalue weighted by atomic mass is 16.6. The van der Waals surface area contributed by atoms with Gasteiger partial charge < -0.3 is 9.64 Å². The van der Waals surface area contributed by atoms with Crippen LogP contribution in [-0.2, 0) is 6.42 Å². The average Bonchev–Trinajstić information content (AvgIpc) is 3.05. The number of fused-ring (bicyclic) bond motifs is 1. The van der Waals surface area contributed by atoms with Crippen LogP contribution in [0, 0.1) is 10.1 Å². The molecule has 1 aliphatic heterocycles. The molecule has 8 nitrogen and oxygen atoms in total. The number of unbranched alkanes of at least 4 members (excludes halogenated alkanes) is 2. The van der Waals surface area contributed by atoms with Gasteiger partial charge in [-0.05, 0) is 56.1 Å². The summed E-state index contributed by atoms with van der Waals surface area (Å²) in [5.74, 6) is 0.0591. The average molecular weight is 440 g/mol. The van der Waals surface area contributed by atoms with Gasteiger partial charge >= 0.3 is 0 Å². The maximum Gasteiger partial charge on any atom is 0.270 e. The molecule has 0 saturated carbocycles. The van der Waals surface area contributed by atoms with E-state index < -0.39 is 10.8 Å². The maximum atomic E-state index is 12.5. The molecule has 2 amide bonds. The van der Waals surface area contributed by atoms with Crippen LogP contribution in [0.5, 0.6) is 5.75 Å². The second kappa shape index (κ2) is 10.9. The summed E-state index contributed by atoms with van der Waals surface area (Å²) in [5.41, 5.74) is 1.43. The third-order valence-electron chi connectivity index (χ3n) is 5.82. The molecule has 2 aromatic rings. The van der Waals surface area contributed by atoms with Gasteiger partial charge in [0.2, 0.25) is 0 Å². The van der Waals surface area contributed by atoms with E-state index in [0.717, 1.165) is 44.6 Å². The quantitative estimate of drug-likeness (QED) is 0.215. The van der Waals surface area contributed by atoms with Crippen molar-refractivity contribution < 1.29 is 19.2 Å². The smallest absolute Gasteiger partial charge is 0.270 e. The van der Waals surface area contributed by atoms with Crippen molar-refractivity contribution in [1.29, 1.82) is 0 Å². The van der Waals surface area contributed by atoms with Crippen molar-refractivity contribution in [3.05, 3.63) is 69.3 Å². The number of benzene rings is 2. The van der Waals surface area contributed by atoms with Crippen LogP contribution in [0.2, 0.25) is 0 Å². The third-order valence-corrected chi connectivity index (χ3v) is 5.82. The van der Waals surface area contributed by atoms with E-state index in [9.17, 15) is 19.7 Å². The lowest BCUT2D eigenvalue weighted by Gasteiger charge is -2.21. The van der Waals surface area contributed by atoms with Gasteiger partial charge in [0.05, 0.1) is 23.2 Å². The van der Waals surface area contributed by atoms with Gasteiger partial charge in [-0.3, -0.25) is 24.6 Å². The molecule has 8 heteroatoms. The van der Waals surface area contributed by atoms with Crippen LogP contribution in [0.4, 0.5) is 5.69 Å². The molecule has 3 rings (SSSR count). The summed E-state index contributed by atoms with van der Waals surface area (Å²) < 4.78 is 5.28. The van der Waals surface area contributed by atoms with Gasteiger partial charge in [0.1, 0.15) is 5.75 Å². The Morgan fingerprint density at radius 2 is 1.78 bits per heavy atom. The molecule has 32 heavy (non-hydrogen) atoms. The number of hydrogen-bond donors (Lipinski definition) is 0. The molecule has 0 saturated heterocycles. The number of rotatable bonds is 12. The Morgan fingerprint density at radius 3 is 2.50 bits per heavy atom. The first-order chi connectivity index (χ1) is 15.4. The van der Waals surface area contributed by atoms with E-state index in [1.54, 1.807) is 7.11 Å². The largest absolute Gasteiger partial charge is 0.497 e. The van der Waals surface area contributed by atoms with Crippen LogP contribution in [0.1, 0.15) is 52.5 Å². The highest BCUT2D eigenvalue weighted by Gasteiger charge is 2.36. The minimum Gasteiger partial charge on any atom is -0.497 e. The molecule has 0 spiro atoms. The van der Waals surface area contributed by atoms with Gasteiger partial charge in [-0.15, -0.1) is 0 Å². The molecule has 0 unspecified atom stereocenters. The molecule has 0 fully saturated rings. The van der Waals surface area contributed by atoms with Crippen molar-refractivity contribution in [1.82, 2.24) is 9.80 Å². The SMILES string of the molecule is CCN(CCCCCN1C(=O)c2ccc([N+](=O)[O-])cc2C1=O)CCc1cccc(OC)c1. The van der Waals surface area contributed by atoms with Crippen LogP contribution in [-0.4, -0.2) is 59.8 Å². The fourth-order valence-electron chi connectivity index (χ4n) is 3.92. The fourth-order valence-corrected chi connectivity index (χ4v) is 3.92. The van der Waals surface area contributed by atoms with E-state index in [2.05, 4.69) is 24.0 Å². The zero-order valence-corrected chi connectivity index (χ0v) is 18.6. The Morgan fingerprint density at radius 1 is 1.00 bits per heavy atom. The van der Waals surface area contributed by atoms with Gasteiger partial charge in [0, 0.05) is 25.2 Å². The second-order valence-corrected chi connectivity index (χ2v) is 7.85. The Hall–Kier alpha value is -3.26. The molecule has 0 radical (unpaired) electrons. The number of carbonyl (C=O) groups is 2. The molecule has 0 bridgehead atoms. The van der Waals surface area contributed by atoms with Crippen molar-refractivity contribution >= 4 is 17.5 Å². The molecule has 170 valence electrons. The summed E-state index contributed by atoms with van der Waals surface area (Å²) in [6, 6.07) is 11.9. The normalized spacial score (nSPS) is 13.0.